The van der Waals surface area contributed by atoms with Gasteiger partial charge in [-0.2, -0.15) is 0 Å². The number of β-amino-alcohol motifs (C(OH)–C–C–N with tert-alkyl or cyclic N) is 1. The van der Waals surface area contributed by atoms with Crippen LogP contribution in [0.5, 0.6) is 0 Å². The van der Waals surface area contributed by atoms with Gasteiger partial charge in [-0.3, -0.25) is 19.3 Å². The van der Waals surface area contributed by atoms with Gasteiger partial charge in [-0.1, -0.05) is 69.3 Å². The van der Waals surface area contributed by atoms with Crippen LogP contribution in [0.15, 0.2) is 60.1 Å². The molecule has 4 aromatic rings. The molecule has 54 heavy (non-hydrogen) atoms. The summed E-state index contributed by atoms with van der Waals surface area (Å²) in [5.74, 6) is -0.660. The first-order valence-electron chi connectivity index (χ1n) is 18.4. The second-order valence-corrected chi connectivity index (χ2v) is 16.3. The van der Waals surface area contributed by atoms with E-state index in [0.717, 1.165) is 44.2 Å². The number of hydrogen-bond acceptors (Lipinski definition) is 11. The first kappa shape index (κ1) is 38.8. The number of carbonyl (C=O) groups excluding carboxylic acids is 3. The largest absolute Gasteiger partial charge is 0.391 e. The molecule has 6 rings (SSSR count). The van der Waals surface area contributed by atoms with Gasteiger partial charge in [-0.05, 0) is 48.9 Å². The number of aliphatic hydroxyl groups is 1. The average Bonchev–Trinajstić information content (AvgIpc) is 3.76. The predicted octanol–water partition coefficient (Wildman–Crippen LogP) is 3.96. The van der Waals surface area contributed by atoms with Crippen molar-refractivity contribution in [3.63, 3.8) is 0 Å². The van der Waals surface area contributed by atoms with Gasteiger partial charge in [-0.15, -0.1) is 21.5 Å². The Morgan fingerprint density at radius 3 is 2.35 bits per heavy atom. The number of benzene rings is 2. The number of nitrogens with zero attached hydrogens (tertiary/aromatic N) is 6. The number of thiazole rings is 1. The number of rotatable bonds is 10. The molecule has 4 heterocycles. The molecule has 2 aromatic heterocycles. The molecular weight excluding hydrogens is 703 g/mol. The van der Waals surface area contributed by atoms with Crippen LogP contribution in [-0.2, 0) is 14.4 Å². The highest BCUT2D eigenvalue weighted by Gasteiger charge is 2.45. The standard InChI is InChI=1S/C40H51N9O4S/c1-24-9-7-8-10-30(24)31-20-32(37(41)46-45-31)48-17-15-47(16-18-48)22-34(51)44-36(40(4,5)6)39(53)49-21-29(50)19-33(49)38(52)43-25(2)27-11-13-28(14-12-27)35-26(3)42-23-54-35/h7-14,20,23,25,29,33,36,50H,15-19,21-22H2,1-6H3,(H2,41,46)(H,43,52)(H,44,51)/t25-,29+,33-,36+/m0/s1. The van der Waals surface area contributed by atoms with E-state index in [2.05, 4.69) is 30.7 Å². The Bertz CT molecular complexity index is 1970. The Balaban J connectivity index is 1.06. The third kappa shape index (κ3) is 8.72. The Morgan fingerprint density at radius 1 is 1.00 bits per heavy atom. The number of piperazine rings is 1. The molecule has 2 aliphatic heterocycles. The van der Waals surface area contributed by atoms with Crippen molar-refractivity contribution >= 4 is 40.6 Å². The number of aliphatic hydroxyl groups excluding tert-OH is 1. The van der Waals surface area contributed by atoms with Crippen molar-refractivity contribution in [3.8, 4) is 21.7 Å². The van der Waals surface area contributed by atoms with Gasteiger partial charge in [0, 0.05) is 44.7 Å². The maximum absolute atomic E-state index is 14.2. The smallest absolute Gasteiger partial charge is 0.246 e. The number of nitrogens with two attached hydrogens (primary N) is 1. The van der Waals surface area contributed by atoms with E-state index in [0.29, 0.717) is 32.0 Å². The molecule has 2 aromatic carbocycles. The monoisotopic (exact) mass is 753 g/mol. The molecule has 13 nitrogen and oxygen atoms in total. The average molecular weight is 754 g/mol. The second kappa shape index (κ2) is 16.2. The zero-order valence-corrected chi connectivity index (χ0v) is 32.7. The van der Waals surface area contributed by atoms with Crippen LogP contribution in [0, 0.1) is 19.3 Å². The van der Waals surface area contributed by atoms with Gasteiger partial charge in [0.2, 0.25) is 17.7 Å². The summed E-state index contributed by atoms with van der Waals surface area (Å²) in [6.45, 7) is 14.2. The molecule has 2 saturated heterocycles. The van der Waals surface area contributed by atoms with Crippen molar-refractivity contribution in [1.29, 1.82) is 0 Å². The Hall–Kier alpha value is -4.92. The molecule has 2 aliphatic rings. The van der Waals surface area contributed by atoms with Crippen molar-refractivity contribution in [1.82, 2.24) is 35.6 Å². The summed E-state index contributed by atoms with van der Waals surface area (Å²) >= 11 is 1.58. The molecule has 0 unspecified atom stereocenters. The summed E-state index contributed by atoms with van der Waals surface area (Å²) in [5, 5.41) is 25.3. The quantitative estimate of drug-likeness (QED) is 0.186. The van der Waals surface area contributed by atoms with Gasteiger partial charge >= 0.3 is 0 Å². The molecule has 0 spiro atoms. The van der Waals surface area contributed by atoms with E-state index in [4.69, 9.17) is 5.73 Å². The van der Waals surface area contributed by atoms with Gasteiger partial charge in [0.05, 0.1) is 46.2 Å². The molecular formula is C40H51N9O4S. The lowest BCUT2D eigenvalue weighted by Gasteiger charge is -2.38. The summed E-state index contributed by atoms with van der Waals surface area (Å²) in [5.41, 5.74) is 14.0. The molecule has 0 radical (unpaired) electrons. The first-order chi connectivity index (χ1) is 25.7. The van der Waals surface area contributed by atoms with E-state index in [1.54, 1.807) is 11.3 Å². The minimum Gasteiger partial charge on any atom is -0.391 e. The van der Waals surface area contributed by atoms with E-state index in [-0.39, 0.29) is 43.3 Å². The van der Waals surface area contributed by atoms with Crippen LogP contribution >= 0.6 is 11.3 Å². The molecule has 4 atom stereocenters. The topological polar surface area (TPSA) is 170 Å². The van der Waals surface area contributed by atoms with Crippen LogP contribution in [0.4, 0.5) is 11.5 Å². The number of likely N-dealkylation sites (tertiary alicyclic amines) is 1. The van der Waals surface area contributed by atoms with Gasteiger partial charge in [0.15, 0.2) is 5.82 Å². The van der Waals surface area contributed by atoms with E-state index in [9.17, 15) is 19.5 Å². The van der Waals surface area contributed by atoms with Crippen LogP contribution in [0.2, 0.25) is 0 Å². The normalized spacial score (nSPS) is 19.0. The molecule has 5 N–H and O–H groups in total. The van der Waals surface area contributed by atoms with Crippen molar-refractivity contribution < 1.29 is 19.5 Å². The van der Waals surface area contributed by atoms with E-state index < -0.39 is 23.6 Å². The number of carbonyl (C=O) groups is 3. The lowest BCUT2D eigenvalue weighted by molar-refractivity contribution is -0.144. The highest BCUT2D eigenvalue weighted by molar-refractivity contribution is 7.13. The maximum atomic E-state index is 14.2. The molecule has 0 saturated carbocycles. The zero-order valence-electron chi connectivity index (χ0n) is 31.9. The van der Waals surface area contributed by atoms with Crippen LogP contribution in [0.1, 0.15) is 57.0 Å². The minimum atomic E-state index is -0.908. The summed E-state index contributed by atoms with van der Waals surface area (Å²) in [6, 6.07) is 15.9. The zero-order chi connectivity index (χ0) is 38.7. The number of aromatic nitrogens is 3. The Labute approximate surface area is 321 Å². The lowest BCUT2D eigenvalue weighted by atomic mass is 9.85. The molecule has 0 bridgehead atoms. The lowest BCUT2D eigenvalue weighted by Crippen LogP contribution is -2.59. The van der Waals surface area contributed by atoms with Crippen molar-refractivity contribution in [2.24, 2.45) is 5.41 Å². The molecule has 2 fully saturated rings. The summed E-state index contributed by atoms with van der Waals surface area (Å²) in [7, 11) is 0. The van der Waals surface area contributed by atoms with E-state index >= 15 is 0 Å². The number of aryl methyl sites for hydroxylation is 2. The van der Waals surface area contributed by atoms with E-state index in [1.807, 2.05) is 107 Å². The summed E-state index contributed by atoms with van der Waals surface area (Å²) in [4.78, 5) is 52.4. The molecule has 3 amide bonds. The predicted molar refractivity (Wildman–Crippen MR) is 212 cm³/mol. The third-order valence-corrected chi connectivity index (χ3v) is 11.3. The fourth-order valence-corrected chi connectivity index (χ4v) is 8.02. The summed E-state index contributed by atoms with van der Waals surface area (Å²) in [6.07, 6.45) is -0.737. The van der Waals surface area contributed by atoms with Crippen LogP contribution in [0.3, 0.4) is 0 Å². The SMILES string of the molecule is Cc1ccccc1-c1cc(N2CCN(CC(=O)N[C@H](C(=O)N3C[C@H](O)C[C@H]3C(=O)N[C@@H](C)c3ccc(-c4scnc4C)cc3)C(C)(C)C)CC2)c(N)nn1. The van der Waals surface area contributed by atoms with Crippen LogP contribution in [-0.4, -0.2) is 105 Å². The van der Waals surface area contributed by atoms with Gasteiger partial charge in [0.1, 0.15) is 12.1 Å². The number of hydrogen-bond donors (Lipinski definition) is 4. The molecule has 0 aliphatic carbocycles. The van der Waals surface area contributed by atoms with Crippen molar-refractivity contribution in [3.05, 3.63) is 76.9 Å². The van der Waals surface area contributed by atoms with Gasteiger partial charge < -0.3 is 31.3 Å². The Kier molecular flexibility index (Phi) is 11.6. The van der Waals surface area contributed by atoms with Crippen LogP contribution < -0.4 is 21.3 Å². The fourth-order valence-electron chi connectivity index (χ4n) is 7.21. The van der Waals surface area contributed by atoms with Gasteiger partial charge in [0.25, 0.3) is 0 Å². The fraction of sp³-hybridized carbons (Fsp3) is 0.450. The molecule has 286 valence electrons. The first-order valence-corrected chi connectivity index (χ1v) is 19.3. The highest BCUT2D eigenvalue weighted by Crippen LogP contribution is 2.31. The number of nitrogens with one attached hydrogen (secondary N) is 2. The van der Waals surface area contributed by atoms with Crippen molar-refractivity contribution in [2.45, 2.75) is 72.2 Å². The Morgan fingerprint density at radius 2 is 1.70 bits per heavy atom. The maximum Gasteiger partial charge on any atom is 0.246 e. The second-order valence-electron chi connectivity index (χ2n) is 15.5. The minimum absolute atomic E-state index is 0.0111. The number of amides is 3. The van der Waals surface area contributed by atoms with E-state index in [1.165, 1.54) is 4.90 Å². The van der Waals surface area contributed by atoms with Gasteiger partial charge in [-0.25, -0.2) is 4.98 Å². The third-order valence-electron chi connectivity index (χ3n) is 10.4. The number of nitrogen functional groups attached to an aromatic ring is 1. The molecule has 14 heteroatoms. The highest BCUT2D eigenvalue weighted by atomic mass is 32.1. The van der Waals surface area contributed by atoms with Crippen molar-refractivity contribution in [2.75, 3.05) is 49.9 Å². The van der Waals surface area contributed by atoms with Crippen LogP contribution in [0.25, 0.3) is 21.7 Å². The number of anilines is 2. The summed E-state index contributed by atoms with van der Waals surface area (Å²) < 4.78 is 0.